The van der Waals surface area contributed by atoms with Gasteiger partial charge >= 0.3 is 0 Å². The van der Waals surface area contributed by atoms with Gasteiger partial charge < -0.3 is 10.2 Å². The molecule has 0 bridgehead atoms. The number of rotatable bonds is 4. The lowest BCUT2D eigenvalue weighted by molar-refractivity contribution is -0.120. The molecule has 0 fully saturated rings. The number of carbonyl (C=O) groups excluding carboxylic acids is 1. The van der Waals surface area contributed by atoms with Crippen molar-refractivity contribution in [1.82, 2.24) is 5.43 Å². The number of hydrazone groups is 1. The third kappa shape index (κ3) is 4.35. The maximum atomic E-state index is 11.7. The van der Waals surface area contributed by atoms with Crippen LogP contribution in [-0.2, 0) is 11.2 Å². The summed E-state index contributed by atoms with van der Waals surface area (Å²) in [6.45, 7) is 1.98. The Kier molecular flexibility index (Phi) is 4.56. The number of aromatic hydroxyl groups is 2. The lowest BCUT2D eigenvalue weighted by atomic mass is 10.1. The number of hydrogen-bond acceptors (Lipinski definition) is 4. The first-order chi connectivity index (χ1) is 10.0. The summed E-state index contributed by atoms with van der Waals surface area (Å²) in [5.74, 6) is -0.382. The third-order valence-corrected chi connectivity index (χ3v) is 2.89. The summed E-state index contributed by atoms with van der Waals surface area (Å²) < 4.78 is 0. The van der Waals surface area contributed by atoms with E-state index in [0.717, 1.165) is 11.1 Å². The van der Waals surface area contributed by atoms with Gasteiger partial charge in [-0.2, -0.15) is 5.10 Å². The summed E-state index contributed by atoms with van der Waals surface area (Å²) in [6, 6.07) is 11.8. The van der Waals surface area contributed by atoms with Gasteiger partial charge in [0.25, 0.3) is 0 Å². The standard InChI is InChI=1S/C16H16N2O3/c1-11-2-4-12(5-3-11)8-16(21)18-17-10-13-6-7-14(19)9-15(13)20/h2-7,9-10,19-20H,8H2,1H3,(H,18,21)/b17-10-. The number of carbonyl (C=O) groups is 1. The van der Waals surface area contributed by atoms with Gasteiger partial charge in [-0.3, -0.25) is 4.79 Å². The lowest BCUT2D eigenvalue weighted by Crippen LogP contribution is -2.19. The molecule has 5 nitrogen and oxygen atoms in total. The Labute approximate surface area is 122 Å². The molecule has 1 amide bonds. The van der Waals surface area contributed by atoms with Crippen molar-refractivity contribution in [2.24, 2.45) is 5.10 Å². The Bertz CT molecular complexity index is 664. The van der Waals surface area contributed by atoms with Gasteiger partial charge in [0, 0.05) is 11.6 Å². The molecular formula is C16H16N2O3. The van der Waals surface area contributed by atoms with E-state index < -0.39 is 0 Å². The molecule has 5 heteroatoms. The molecule has 0 aliphatic heterocycles. The minimum atomic E-state index is -0.242. The first-order valence-corrected chi connectivity index (χ1v) is 6.44. The molecule has 0 heterocycles. The van der Waals surface area contributed by atoms with E-state index >= 15 is 0 Å². The predicted octanol–water partition coefficient (Wildman–Crippen LogP) is 2.10. The highest BCUT2D eigenvalue weighted by Crippen LogP contribution is 2.20. The van der Waals surface area contributed by atoms with Gasteiger partial charge in [-0.25, -0.2) is 5.43 Å². The Morgan fingerprint density at radius 2 is 1.90 bits per heavy atom. The fourth-order valence-corrected chi connectivity index (χ4v) is 1.75. The van der Waals surface area contributed by atoms with E-state index in [-0.39, 0.29) is 23.8 Å². The Balaban J connectivity index is 1.91. The summed E-state index contributed by atoms with van der Waals surface area (Å²) in [6.07, 6.45) is 1.56. The average Bonchev–Trinajstić information content (AvgIpc) is 2.44. The molecule has 108 valence electrons. The maximum absolute atomic E-state index is 11.7. The molecule has 0 aliphatic rings. The molecule has 0 radical (unpaired) electrons. The fraction of sp³-hybridized carbons (Fsp3) is 0.125. The average molecular weight is 284 g/mol. The summed E-state index contributed by atoms with van der Waals surface area (Å²) in [7, 11) is 0. The monoisotopic (exact) mass is 284 g/mol. The number of phenolic OH excluding ortho intramolecular Hbond substituents is 2. The number of benzene rings is 2. The molecule has 0 atom stereocenters. The van der Waals surface area contributed by atoms with Crippen LogP contribution in [0.3, 0.4) is 0 Å². The molecule has 0 saturated carbocycles. The van der Waals surface area contributed by atoms with Gasteiger partial charge in [-0.15, -0.1) is 0 Å². The van der Waals surface area contributed by atoms with Crippen LogP contribution in [0.2, 0.25) is 0 Å². The molecule has 2 aromatic carbocycles. The molecule has 0 saturated heterocycles. The van der Waals surface area contributed by atoms with Crippen molar-refractivity contribution in [2.75, 3.05) is 0 Å². The largest absolute Gasteiger partial charge is 0.508 e. The highest BCUT2D eigenvalue weighted by Gasteiger charge is 2.02. The Morgan fingerprint density at radius 1 is 1.19 bits per heavy atom. The molecule has 0 aliphatic carbocycles. The van der Waals surface area contributed by atoms with E-state index in [1.807, 2.05) is 31.2 Å². The van der Waals surface area contributed by atoms with E-state index in [4.69, 9.17) is 5.11 Å². The van der Waals surface area contributed by atoms with Crippen molar-refractivity contribution in [3.63, 3.8) is 0 Å². The summed E-state index contributed by atoms with van der Waals surface area (Å²) >= 11 is 0. The smallest absolute Gasteiger partial charge is 0.244 e. The van der Waals surface area contributed by atoms with Crippen LogP contribution in [0.15, 0.2) is 47.6 Å². The number of aryl methyl sites for hydroxylation is 1. The van der Waals surface area contributed by atoms with E-state index in [9.17, 15) is 9.90 Å². The number of phenols is 2. The molecule has 2 rings (SSSR count). The lowest BCUT2D eigenvalue weighted by Gasteiger charge is -2.02. The van der Waals surface area contributed by atoms with Crippen molar-refractivity contribution in [1.29, 1.82) is 0 Å². The highest BCUT2D eigenvalue weighted by atomic mass is 16.3. The van der Waals surface area contributed by atoms with Crippen LogP contribution in [0.5, 0.6) is 11.5 Å². The van der Waals surface area contributed by atoms with Crippen molar-refractivity contribution in [3.8, 4) is 11.5 Å². The summed E-state index contributed by atoms with van der Waals surface area (Å²) in [5, 5.41) is 22.5. The number of hydrogen-bond donors (Lipinski definition) is 3. The van der Waals surface area contributed by atoms with Crippen molar-refractivity contribution < 1.29 is 15.0 Å². The second-order valence-corrected chi connectivity index (χ2v) is 4.70. The molecule has 3 N–H and O–H groups in total. The third-order valence-electron chi connectivity index (χ3n) is 2.89. The predicted molar refractivity (Wildman–Crippen MR) is 80.4 cm³/mol. The molecule has 21 heavy (non-hydrogen) atoms. The molecule has 0 aromatic heterocycles. The van der Waals surface area contributed by atoms with Crippen molar-refractivity contribution in [2.45, 2.75) is 13.3 Å². The van der Waals surface area contributed by atoms with Crippen LogP contribution >= 0.6 is 0 Å². The fourth-order valence-electron chi connectivity index (χ4n) is 1.75. The van der Waals surface area contributed by atoms with Gasteiger partial charge in [-0.05, 0) is 24.6 Å². The topological polar surface area (TPSA) is 81.9 Å². The zero-order valence-corrected chi connectivity index (χ0v) is 11.6. The quantitative estimate of drug-likeness (QED) is 0.594. The van der Waals surface area contributed by atoms with Crippen LogP contribution in [-0.4, -0.2) is 22.3 Å². The number of nitrogens with one attached hydrogen (secondary N) is 1. The van der Waals surface area contributed by atoms with Crippen molar-refractivity contribution in [3.05, 3.63) is 59.2 Å². The molecule has 2 aromatic rings. The second kappa shape index (κ2) is 6.56. The van der Waals surface area contributed by atoms with Gasteiger partial charge in [0.05, 0.1) is 12.6 Å². The van der Waals surface area contributed by atoms with E-state index in [1.165, 1.54) is 24.4 Å². The van der Waals surface area contributed by atoms with Gasteiger partial charge in [0.2, 0.25) is 5.91 Å². The minimum absolute atomic E-state index is 0.0342. The van der Waals surface area contributed by atoms with Gasteiger partial charge in [0.15, 0.2) is 0 Å². The first kappa shape index (κ1) is 14.6. The molecular weight excluding hydrogens is 268 g/mol. The van der Waals surface area contributed by atoms with Crippen LogP contribution in [0, 0.1) is 6.92 Å². The SMILES string of the molecule is Cc1ccc(CC(=O)N/N=C\c2ccc(O)cc2O)cc1. The summed E-state index contributed by atoms with van der Waals surface area (Å²) in [4.78, 5) is 11.7. The van der Waals surface area contributed by atoms with E-state index in [0.29, 0.717) is 5.56 Å². The molecule has 0 unspecified atom stereocenters. The van der Waals surface area contributed by atoms with Gasteiger partial charge in [-0.1, -0.05) is 29.8 Å². The highest BCUT2D eigenvalue weighted by molar-refractivity contribution is 5.85. The zero-order valence-electron chi connectivity index (χ0n) is 11.6. The normalized spacial score (nSPS) is 10.7. The Hall–Kier alpha value is -2.82. The van der Waals surface area contributed by atoms with Gasteiger partial charge in [0.1, 0.15) is 11.5 Å². The van der Waals surface area contributed by atoms with Crippen LogP contribution in [0.25, 0.3) is 0 Å². The van der Waals surface area contributed by atoms with Crippen LogP contribution in [0.1, 0.15) is 16.7 Å². The van der Waals surface area contributed by atoms with Crippen LogP contribution < -0.4 is 5.43 Å². The van der Waals surface area contributed by atoms with Crippen LogP contribution in [0.4, 0.5) is 0 Å². The number of nitrogens with zero attached hydrogens (tertiary/aromatic N) is 1. The minimum Gasteiger partial charge on any atom is -0.508 e. The zero-order chi connectivity index (χ0) is 15.2. The molecule has 0 spiro atoms. The van der Waals surface area contributed by atoms with Crippen molar-refractivity contribution >= 4 is 12.1 Å². The Morgan fingerprint density at radius 3 is 2.57 bits per heavy atom. The van der Waals surface area contributed by atoms with E-state index in [2.05, 4.69) is 10.5 Å². The summed E-state index contributed by atoms with van der Waals surface area (Å²) in [5.41, 5.74) is 4.84. The second-order valence-electron chi connectivity index (χ2n) is 4.70. The van der Waals surface area contributed by atoms with E-state index in [1.54, 1.807) is 0 Å². The number of amides is 1. The maximum Gasteiger partial charge on any atom is 0.244 e. The first-order valence-electron chi connectivity index (χ1n) is 6.44.